The summed E-state index contributed by atoms with van der Waals surface area (Å²) < 4.78 is 10.8. The van der Waals surface area contributed by atoms with Crippen LogP contribution in [0, 0.1) is 0 Å². The fourth-order valence-electron chi connectivity index (χ4n) is 3.64. The molecule has 0 spiro atoms. The number of fused-ring (bicyclic) bond motifs is 1. The van der Waals surface area contributed by atoms with E-state index in [-0.39, 0.29) is 6.61 Å². The van der Waals surface area contributed by atoms with Crippen LogP contribution >= 0.6 is 0 Å². The second-order valence-electron chi connectivity index (χ2n) is 7.38. The normalized spacial score (nSPS) is 19.3. The van der Waals surface area contributed by atoms with Crippen LogP contribution in [0.2, 0.25) is 0 Å². The number of esters is 1. The third-order valence-electron chi connectivity index (χ3n) is 5.28. The Morgan fingerprint density at radius 3 is 2.62 bits per heavy atom. The van der Waals surface area contributed by atoms with E-state index >= 15 is 0 Å². The number of hydrogen-bond acceptors (Lipinski definition) is 7. The Kier molecular flexibility index (Phi) is 5.74. The van der Waals surface area contributed by atoms with Crippen molar-refractivity contribution in [3.8, 4) is 17.1 Å². The van der Waals surface area contributed by atoms with Crippen molar-refractivity contribution in [3.05, 3.63) is 61.4 Å². The summed E-state index contributed by atoms with van der Waals surface area (Å²) in [5.41, 5.74) is -0.911. The summed E-state index contributed by atoms with van der Waals surface area (Å²) >= 11 is 0. The smallest absolute Gasteiger partial charge is 0.325 e. The summed E-state index contributed by atoms with van der Waals surface area (Å²) in [4.78, 5) is 43.8. The zero-order valence-corrected chi connectivity index (χ0v) is 17.0. The molecule has 4 rings (SSSR count). The summed E-state index contributed by atoms with van der Waals surface area (Å²) in [5.74, 6) is -1.51. The van der Waals surface area contributed by atoms with Crippen LogP contribution < -0.4 is 10.1 Å². The number of aromatic nitrogens is 2. The molecule has 32 heavy (non-hydrogen) atoms. The van der Waals surface area contributed by atoms with Crippen LogP contribution in [0.5, 0.6) is 5.75 Å². The van der Waals surface area contributed by atoms with Crippen LogP contribution in [0.25, 0.3) is 22.2 Å². The van der Waals surface area contributed by atoms with E-state index in [1.54, 1.807) is 18.5 Å². The first-order valence-corrected chi connectivity index (χ1v) is 9.90. The molecule has 9 nitrogen and oxygen atoms in total. The number of nitrogens with zero attached hydrogens (tertiary/aromatic N) is 1. The Labute approximate surface area is 183 Å². The highest BCUT2D eigenvalue weighted by Gasteiger charge is 2.64. The molecule has 0 aliphatic carbocycles. The van der Waals surface area contributed by atoms with Crippen LogP contribution in [-0.2, 0) is 19.1 Å². The number of carbonyl (C=O) groups is 3. The molecule has 9 heteroatoms. The van der Waals surface area contributed by atoms with Crippen LogP contribution in [0.3, 0.4) is 0 Å². The van der Waals surface area contributed by atoms with Crippen molar-refractivity contribution in [1.82, 2.24) is 15.3 Å². The van der Waals surface area contributed by atoms with Gasteiger partial charge >= 0.3 is 11.9 Å². The van der Waals surface area contributed by atoms with Gasteiger partial charge in [-0.1, -0.05) is 36.9 Å². The fraction of sp³-hybridized carbons (Fsp3) is 0.217. The maximum Gasteiger partial charge on any atom is 0.325 e. The number of imidazole rings is 1. The molecular weight excluding hydrogens is 414 g/mol. The highest BCUT2D eigenvalue weighted by atomic mass is 16.5. The third-order valence-corrected chi connectivity index (χ3v) is 5.28. The minimum Gasteiger partial charge on any atom is -0.485 e. The first-order chi connectivity index (χ1) is 15.4. The molecule has 164 valence electrons. The largest absolute Gasteiger partial charge is 0.485 e. The van der Waals surface area contributed by atoms with Crippen molar-refractivity contribution in [2.75, 3.05) is 13.2 Å². The molecule has 1 fully saturated rings. The van der Waals surface area contributed by atoms with E-state index < -0.39 is 42.3 Å². The highest BCUT2D eigenvalue weighted by Crippen LogP contribution is 2.35. The molecule has 1 aliphatic rings. The number of H-pyrrole nitrogens is 1. The minimum atomic E-state index is -1.56. The third kappa shape index (κ3) is 4.10. The summed E-state index contributed by atoms with van der Waals surface area (Å²) in [6.07, 6.45) is 4.11. The number of ether oxygens (including phenoxy) is 2. The minimum absolute atomic E-state index is 0.0333. The number of Topliss-reactive ketones (excluding diaryl/α,β-unsaturated/α-hetero) is 1. The molecule has 1 aliphatic heterocycles. The van der Waals surface area contributed by atoms with Crippen LogP contribution in [0.1, 0.15) is 6.42 Å². The summed E-state index contributed by atoms with van der Waals surface area (Å²) in [7, 11) is 0. The van der Waals surface area contributed by atoms with Crippen molar-refractivity contribution < 1.29 is 29.0 Å². The molecule has 2 heterocycles. The molecule has 3 N–H and O–H groups in total. The predicted octanol–water partition coefficient (Wildman–Crippen LogP) is 2.09. The number of ketones is 1. The number of hydrogen-bond donors (Lipinski definition) is 3. The average Bonchev–Trinajstić information content (AvgIpc) is 3.25. The standard InChI is InChI=1S/C23H21N3O6/c1-2-9-31-22(30)20-23(26-20,12-19(28)29)18(27)13-32-17-11-15-6-4-3-5-14(15)10-16(17)21-24-7-8-25-21/h2-8,10-11,20,26H,1,9,12-13H2,(H,24,25)(H,28,29)/t20-,23-/m0/s1. The quantitative estimate of drug-likeness (QED) is 0.250. The highest BCUT2D eigenvalue weighted by molar-refractivity contribution is 6.04. The summed E-state index contributed by atoms with van der Waals surface area (Å²) in [6, 6.07) is 10.3. The lowest BCUT2D eigenvalue weighted by Gasteiger charge is -2.15. The Bertz CT molecular complexity index is 1190. The van der Waals surface area contributed by atoms with Crippen molar-refractivity contribution in [1.29, 1.82) is 0 Å². The van der Waals surface area contributed by atoms with Gasteiger partial charge in [-0.3, -0.25) is 19.7 Å². The SMILES string of the molecule is C=CCOC(=O)[C@@H]1N[C@@]1(CC(=O)O)C(=O)COc1cc2ccccc2cc1-c1ncc[nH]1. The number of carboxylic acid groups (broad SMARTS) is 1. The first kappa shape index (κ1) is 21.3. The molecule has 0 saturated carbocycles. The number of nitrogens with one attached hydrogen (secondary N) is 2. The number of benzene rings is 2. The Balaban J connectivity index is 1.57. The molecule has 2 atom stereocenters. The number of carbonyl (C=O) groups excluding carboxylic acids is 2. The van der Waals surface area contributed by atoms with Gasteiger partial charge in [0.05, 0.1) is 12.0 Å². The van der Waals surface area contributed by atoms with E-state index in [2.05, 4.69) is 21.9 Å². The van der Waals surface area contributed by atoms with Gasteiger partial charge in [0.25, 0.3) is 0 Å². The maximum absolute atomic E-state index is 13.0. The lowest BCUT2D eigenvalue weighted by atomic mass is 9.95. The van der Waals surface area contributed by atoms with Crippen molar-refractivity contribution in [3.63, 3.8) is 0 Å². The second-order valence-corrected chi connectivity index (χ2v) is 7.38. The van der Waals surface area contributed by atoms with Crippen LogP contribution in [0.15, 0.2) is 61.4 Å². The summed E-state index contributed by atoms with van der Waals surface area (Å²) in [6.45, 7) is 2.99. The molecule has 3 aromatic rings. The van der Waals surface area contributed by atoms with Gasteiger partial charge in [-0.05, 0) is 22.9 Å². The monoisotopic (exact) mass is 435 g/mol. The van der Waals surface area contributed by atoms with E-state index in [1.165, 1.54) is 6.08 Å². The van der Waals surface area contributed by atoms with Gasteiger partial charge in [-0.15, -0.1) is 0 Å². The van der Waals surface area contributed by atoms with Crippen molar-refractivity contribution in [2.45, 2.75) is 18.0 Å². The van der Waals surface area contributed by atoms with Crippen molar-refractivity contribution >= 4 is 28.5 Å². The van der Waals surface area contributed by atoms with Crippen LogP contribution in [0.4, 0.5) is 0 Å². The lowest BCUT2D eigenvalue weighted by molar-refractivity contribution is -0.144. The molecule has 0 unspecified atom stereocenters. The Morgan fingerprint density at radius 2 is 1.97 bits per heavy atom. The summed E-state index contributed by atoms with van der Waals surface area (Å²) in [5, 5.41) is 13.8. The van der Waals surface area contributed by atoms with E-state index in [0.29, 0.717) is 17.1 Å². The topological polar surface area (TPSA) is 141 Å². The zero-order valence-electron chi connectivity index (χ0n) is 17.0. The van der Waals surface area contributed by atoms with Gasteiger partial charge in [0, 0.05) is 12.4 Å². The number of carboxylic acids is 1. The van der Waals surface area contributed by atoms with E-state index in [9.17, 15) is 19.5 Å². The molecule has 0 bridgehead atoms. The Morgan fingerprint density at radius 1 is 1.22 bits per heavy atom. The molecule has 1 aromatic heterocycles. The molecule has 2 aromatic carbocycles. The van der Waals surface area contributed by atoms with Gasteiger partial charge in [0.15, 0.2) is 5.78 Å². The molecule has 0 radical (unpaired) electrons. The molecule has 0 amide bonds. The number of aromatic amines is 1. The van der Waals surface area contributed by atoms with Gasteiger partial charge in [-0.2, -0.15) is 0 Å². The molecular formula is C23H21N3O6. The van der Waals surface area contributed by atoms with Gasteiger partial charge in [-0.25, -0.2) is 4.98 Å². The van der Waals surface area contributed by atoms with Gasteiger partial charge in [0.2, 0.25) is 0 Å². The van der Waals surface area contributed by atoms with Crippen LogP contribution in [-0.4, -0.2) is 57.6 Å². The zero-order chi connectivity index (χ0) is 22.7. The van der Waals surface area contributed by atoms with E-state index in [1.807, 2.05) is 30.3 Å². The van der Waals surface area contributed by atoms with Gasteiger partial charge in [0.1, 0.15) is 36.4 Å². The number of rotatable bonds is 10. The molecule has 1 saturated heterocycles. The Hall–Kier alpha value is -3.98. The predicted molar refractivity (Wildman–Crippen MR) is 115 cm³/mol. The van der Waals surface area contributed by atoms with Crippen molar-refractivity contribution in [2.24, 2.45) is 0 Å². The maximum atomic E-state index is 13.0. The second kappa shape index (κ2) is 8.64. The van der Waals surface area contributed by atoms with E-state index in [4.69, 9.17) is 9.47 Å². The van der Waals surface area contributed by atoms with E-state index in [0.717, 1.165) is 10.8 Å². The number of aliphatic carboxylic acids is 1. The van der Waals surface area contributed by atoms with Gasteiger partial charge < -0.3 is 19.6 Å². The fourth-order valence-corrected chi connectivity index (χ4v) is 3.64. The first-order valence-electron chi connectivity index (χ1n) is 9.90. The average molecular weight is 435 g/mol. The lowest BCUT2D eigenvalue weighted by Crippen LogP contribution is -2.38.